The van der Waals surface area contributed by atoms with Gasteiger partial charge in [0.25, 0.3) is 0 Å². The molecule has 0 radical (unpaired) electrons. The summed E-state index contributed by atoms with van der Waals surface area (Å²) in [4.78, 5) is 13.6. The predicted molar refractivity (Wildman–Crippen MR) is 55.8 cm³/mol. The van der Waals surface area contributed by atoms with Crippen molar-refractivity contribution in [3.8, 4) is 0 Å². The van der Waals surface area contributed by atoms with Crippen LogP contribution >= 0.6 is 0 Å². The first-order valence-electron chi connectivity index (χ1n) is 5.52. The van der Waals surface area contributed by atoms with Crippen molar-refractivity contribution in [3.05, 3.63) is 0 Å². The van der Waals surface area contributed by atoms with E-state index in [2.05, 4.69) is 6.92 Å². The summed E-state index contributed by atoms with van der Waals surface area (Å²) in [6.07, 6.45) is 2.80. The molecule has 2 atom stereocenters. The number of hydrogen-bond acceptors (Lipinski definition) is 2. The number of aliphatic hydroxyl groups excluding tert-OH is 1. The van der Waals surface area contributed by atoms with Crippen LogP contribution in [0.25, 0.3) is 0 Å². The predicted octanol–water partition coefficient (Wildman–Crippen LogP) is 1.26. The lowest BCUT2D eigenvalue weighted by Crippen LogP contribution is -2.35. The van der Waals surface area contributed by atoms with Crippen molar-refractivity contribution >= 4 is 5.91 Å². The van der Waals surface area contributed by atoms with Gasteiger partial charge < -0.3 is 10.0 Å². The van der Waals surface area contributed by atoms with Gasteiger partial charge in [0, 0.05) is 26.1 Å². The van der Waals surface area contributed by atoms with Crippen LogP contribution in [0.15, 0.2) is 0 Å². The largest absolute Gasteiger partial charge is 0.396 e. The molecule has 1 amide bonds. The molecule has 14 heavy (non-hydrogen) atoms. The van der Waals surface area contributed by atoms with E-state index in [9.17, 15) is 4.79 Å². The highest BCUT2D eigenvalue weighted by atomic mass is 16.3. The molecule has 3 nitrogen and oxygen atoms in total. The van der Waals surface area contributed by atoms with E-state index >= 15 is 0 Å². The van der Waals surface area contributed by atoms with Crippen molar-refractivity contribution in [2.45, 2.75) is 33.1 Å². The molecule has 0 saturated carbocycles. The topological polar surface area (TPSA) is 40.5 Å². The summed E-state index contributed by atoms with van der Waals surface area (Å²) in [5, 5.41) is 8.94. The third-order valence-corrected chi connectivity index (χ3v) is 2.94. The zero-order chi connectivity index (χ0) is 10.6. The van der Waals surface area contributed by atoms with E-state index in [1.165, 1.54) is 0 Å². The van der Waals surface area contributed by atoms with Gasteiger partial charge in [0.15, 0.2) is 0 Å². The van der Waals surface area contributed by atoms with Crippen molar-refractivity contribution in [2.24, 2.45) is 11.8 Å². The van der Waals surface area contributed by atoms with Crippen LogP contribution in [-0.2, 0) is 4.79 Å². The molecule has 3 heteroatoms. The molecule has 1 rings (SSSR count). The fourth-order valence-electron chi connectivity index (χ4n) is 1.80. The van der Waals surface area contributed by atoms with Gasteiger partial charge in [-0.25, -0.2) is 0 Å². The SMILES string of the molecule is CC1CCC(=O)N(CC(C)CO)CC1. The molecule has 0 bridgehead atoms. The van der Waals surface area contributed by atoms with Crippen molar-refractivity contribution in [3.63, 3.8) is 0 Å². The van der Waals surface area contributed by atoms with Crippen LogP contribution < -0.4 is 0 Å². The van der Waals surface area contributed by atoms with Gasteiger partial charge in [0.2, 0.25) is 5.91 Å². The standard InChI is InChI=1S/C11H21NO2/c1-9-3-4-11(14)12(6-5-9)7-10(2)8-13/h9-10,13H,3-8H2,1-2H3. The summed E-state index contributed by atoms with van der Waals surface area (Å²) in [5.41, 5.74) is 0. The summed E-state index contributed by atoms with van der Waals surface area (Å²) >= 11 is 0. The molecule has 1 fully saturated rings. The molecule has 0 aromatic carbocycles. The molecular formula is C11H21NO2. The summed E-state index contributed by atoms with van der Waals surface area (Å²) < 4.78 is 0. The molecule has 1 N–H and O–H groups in total. The van der Waals surface area contributed by atoms with E-state index in [1.807, 2.05) is 11.8 Å². The zero-order valence-corrected chi connectivity index (χ0v) is 9.20. The van der Waals surface area contributed by atoms with Crippen molar-refractivity contribution in [1.29, 1.82) is 0 Å². The van der Waals surface area contributed by atoms with Crippen LogP contribution in [0.1, 0.15) is 33.1 Å². The van der Waals surface area contributed by atoms with Gasteiger partial charge in [-0.1, -0.05) is 13.8 Å². The van der Waals surface area contributed by atoms with Crippen molar-refractivity contribution < 1.29 is 9.90 Å². The summed E-state index contributed by atoms with van der Waals surface area (Å²) in [7, 11) is 0. The average molecular weight is 199 g/mol. The van der Waals surface area contributed by atoms with Crippen LogP contribution in [-0.4, -0.2) is 35.6 Å². The second kappa shape index (κ2) is 5.35. The minimum absolute atomic E-state index is 0.166. The first-order chi connectivity index (χ1) is 6.63. The van der Waals surface area contributed by atoms with E-state index in [-0.39, 0.29) is 18.4 Å². The van der Waals surface area contributed by atoms with Crippen molar-refractivity contribution in [2.75, 3.05) is 19.7 Å². The van der Waals surface area contributed by atoms with Gasteiger partial charge in [-0.05, 0) is 24.7 Å². The second-order valence-corrected chi connectivity index (χ2v) is 4.56. The molecule has 0 aliphatic carbocycles. The lowest BCUT2D eigenvalue weighted by Gasteiger charge is -2.23. The maximum Gasteiger partial charge on any atom is 0.222 e. The van der Waals surface area contributed by atoms with Crippen LogP contribution in [0.5, 0.6) is 0 Å². The molecule has 0 spiro atoms. The molecule has 2 unspecified atom stereocenters. The molecule has 1 saturated heterocycles. The van der Waals surface area contributed by atoms with E-state index in [1.54, 1.807) is 0 Å². The van der Waals surface area contributed by atoms with Gasteiger partial charge in [-0.15, -0.1) is 0 Å². The molecular weight excluding hydrogens is 178 g/mol. The Morgan fingerprint density at radius 1 is 1.57 bits per heavy atom. The Morgan fingerprint density at radius 3 is 2.93 bits per heavy atom. The first-order valence-corrected chi connectivity index (χ1v) is 5.52. The fraction of sp³-hybridized carbons (Fsp3) is 0.909. The second-order valence-electron chi connectivity index (χ2n) is 4.56. The lowest BCUT2D eigenvalue weighted by molar-refractivity contribution is -0.131. The van der Waals surface area contributed by atoms with Crippen LogP contribution in [0.4, 0.5) is 0 Å². The Kier molecular flexibility index (Phi) is 4.39. The van der Waals surface area contributed by atoms with E-state index in [4.69, 9.17) is 5.11 Å². The Morgan fingerprint density at radius 2 is 2.29 bits per heavy atom. The van der Waals surface area contributed by atoms with E-state index < -0.39 is 0 Å². The number of carbonyl (C=O) groups is 1. The summed E-state index contributed by atoms with van der Waals surface area (Å²) in [5.74, 6) is 1.12. The number of likely N-dealkylation sites (tertiary alicyclic amines) is 1. The van der Waals surface area contributed by atoms with Gasteiger partial charge >= 0.3 is 0 Å². The summed E-state index contributed by atoms with van der Waals surface area (Å²) in [6, 6.07) is 0. The normalized spacial score (nSPS) is 26.1. The molecule has 0 aromatic rings. The van der Waals surface area contributed by atoms with Gasteiger partial charge in [0.1, 0.15) is 0 Å². The Labute approximate surface area is 86.1 Å². The van der Waals surface area contributed by atoms with Gasteiger partial charge in [0.05, 0.1) is 0 Å². The van der Waals surface area contributed by atoms with Gasteiger partial charge in [-0.3, -0.25) is 4.79 Å². The van der Waals surface area contributed by atoms with Gasteiger partial charge in [-0.2, -0.15) is 0 Å². The highest BCUT2D eigenvalue weighted by Gasteiger charge is 2.21. The minimum atomic E-state index is 0.166. The number of nitrogens with zero attached hydrogens (tertiary/aromatic N) is 1. The van der Waals surface area contributed by atoms with Crippen LogP contribution in [0.2, 0.25) is 0 Å². The van der Waals surface area contributed by atoms with Crippen LogP contribution in [0, 0.1) is 11.8 Å². The number of amides is 1. The number of hydrogen-bond donors (Lipinski definition) is 1. The Bertz CT molecular complexity index is 194. The smallest absolute Gasteiger partial charge is 0.222 e. The molecule has 1 aliphatic rings. The number of rotatable bonds is 3. The monoisotopic (exact) mass is 199 g/mol. The Hall–Kier alpha value is -0.570. The van der Waals surface area contributed by atoms with Crippen molar-refractivity contribution in [1.82, 2.24) is 4.90 Å². The quantitative estimate of drug-likeness (QED) is 0.743. The molecule has 82 valence electrons. The summed E-state index contributed by atoms with van der Waals surface area (Å²) in [6.45, 7) is 5.92. The number of aliphatic hydroxyl groups is 1. The molecule has 1 heterocycles. The highest BCUT2D eigenvalue weighted by Crippen LogP contribution is 2.18. The average Bonchev–Trinajstić information content (AvgIpc) is 2.33. The van der Waals surface area contributed by atoms with Crippen LogP contribution in [0.3, 0.4) is 0 Å². The molecule has 1 aliphatic heterocycles. The number of carbonyl (C=O) groups excluding carboxylic acids is 1. The maximum atomic E-state index is 11.7. The Balaban J connectivity index is 2.45. The zero-order valence-electron chi connectivity index (χ0n) is 9.20. The molecule has 0 aromatic heterocycles. The third-order valence-electron chi connectivity index (χ3n) is 2.94. The maximum absolute atomic E-state index is 11.7. The first kappa shape index (κ1) is 11.5. The van der Waals surface area contributed by atoms with E-state index in [0.29, 0.717) is 18.9 Å². The fourth-order valence-corrected chi connectivity index (χ4v) is 1.80. The minimum Gasteiger partial charge on any atom is -0.396 e. The third kappa shape index (κ3) is 3.29. The lowest BCUT2D eigenvalue weighted by atomic mass is 10.0. The van der Waals surface area contributed by atoms with E-state index in [0.717, 1.165) is 19.4 Å². The highest BCUT2D eigenvalue weighted by molar-refractivity contribution is 5.76.